The van der Waals surface area contributed by atoms with E-state index < -0.39 is 11.7 Å². The standard InChI is InChI=1S/C24H27NO2/c1-15-11-12-20(25-14-15)22-19-10-8-7-9-18(19)13-16(2)21(22)23(17(3)26)27-24(4,5)6/h7-14,23H,1-6H3/t23-/m1/s1. The number of rotatable bonds is 4. The lowest BCUT2D eigenvalue weighted by molar-refractivity contribution is -0.138. The average Bonchev–Trinajstić information content (AvgIpc) is 2.59. The third kappa shape index (κ3) is 4.09. The summed E-state index contributed by atoms with van der Waals surface area (Å²) in [6, 6.07) is 14.4. The average molecular weight is 361 g/mol. The molecule has 0 N–H and O–H groups in total. The molecule has 3 nitrogen and oxygen atoms in total. The second kappa shape index (κ2) is 7.24. The number of carbonyl (C=O) groups is 1. The number of ether oxygens (including phenoxy) is 1. The van der Waals surface area contributed by atoms with E-state index in [1.807, 2.05) is 59.0 Å². The van der Waals surface area contributed by atoms with Crippen molar-refractivity contribution >= 4 is 16.6 Å². The Morgan fingerprint density at radius 3 is 2.37 bits per heavy atom. The van der Waals surface area contributed by atoms with Gasteiger partial charge in [-0.2, -0.15) is 0 Å². The van der Waals surface area contributed by atoms with Crippen LogP contribution in [-0.2, 0) is 9.53 Å². The largest absolute Gasteiger partial charge is 0.360 e. The number of fused-ring (bicyclic) bond motifs is 1. The van der Waals surface area contributed by atoms with Gasteiger partial charge in [0.25, 0.3) is 0 Å². The molecular formula is C24H27NO2. The summed E-state index contributed by atoms with van der Waals surface area (Å²) in [6.45, 7) is 11.6. The van der Waals surface area contributed by atoms with Gasteiger partial charge in [-0.15, -0.1) is 0 Å². The summed E-state index contributed by atoms with van der Waals surface area (Å²) in [5.41, 5.74) is 4.45. The van der Waals surface area contributed by atoms with E-state index in [2.05, 4.69) is 29.2 Å². The summed E-state index contributed by atoms with van der Waals surface area (Å²) in [5, 5.41) is 2.22. The molecule has 1 atom stereocenters. The highest BCUT2D eigenvalue weighted by molar-refractivity contribution is 6.00. The van der Waals surface area contributed by atoms with Gasteiger partial charge in [-0.1, -0.05) is 36.4 Å². The Labute approximate surface area is 161 Å². The fourth-order valence-corrected chi connectivity index (χ4v) is 3.43. The lowest BCUT2D eigenvalue weighted by Crippen LogP contribution is -2.27. The second-order valence-corrected chi connectivity index (χ2v) is 8.14. The van der Waals surface area contributed by atoms with Crippen molar-refractivity contribution in [3.8, 4) is 11.3 Å². The second-order valence-electron chi connectivity index (χ2n) is 8.14. The first kappa shape index (κ1) is 19.2. The van der Waals surface area contributed by atoms with Crippen LogP contribution in [0.3, 0.4) is 0 Å². The van der Waals surface area contributed by atoms with Gasteiger partial charge in [-0.3, -0.25) is 9.78 Å². The predicted octanol–water partition coefficient (Wildman–Crippen LogP) is 5.96. The highest BCUT2D eigenvalue weighted by atomic mass is 16.5. The molecule has 0 spiro atoms. The highest BCUT2D eigenvalue weighted by Crippen LogP contribution is 2.39. The van der Waals surface area contributed by atoms with Gasteiger partial charge in [0.05, 0.1) is 11.3 Å². The fraction of sp³-hybridized carbons (Fsp3) is 0.333. The maximum atomic E-state index is 12.6. The van der Waals surface area contributed by atoms with Crippen molar-refractivity contribution in [2.75, 3.05) is 0 Å². The van der Waals surface area contributed by atoms with Gasteiger partial charge in [0, 0.05) is 17.3 Å². The Morgan fingerprint density at radius 1 is 1.07 bits per heavy atom. The van der Waals surface area contributed by atoms with E-state index in [4.69, 9.17) is 4.74 Å². The number of pyridine rings is 1. The smallest absolute Gasteiger partial charge is 0.163 e. The molecule has 27 heavy (non-hydrogen) atoms. The van der Waals surface area contributed by atoms with Crippen LogP contribution in [-0.4, -0.2) is 16.4 Å². The van der Waals surface area contributed by atoms with E-state index in [-0.39, 0.29) is 5.78 Å². The molecular weight excluding hydrogens is 334 g/mol. The summed E-state index contributed by atoms with van der Waals surface area (Å²) >= 11 is 0. The van der Waals surface area contributed by atoms with E-state index in [1.54, 1.807) is 6.92 Å². The zero-order chi connectivity index (χ0) is 19.8. The fourth-order valence-electron chi connectivity index (χ4n) is 3.43. The highest BCUT2D eigenvalue weighted by Gasteiger charge is 2.29. The molecule has 1 heterocycles. The topological polar surface area (TPSA) is 39.2 Å². The van der Waals surface area contributed by atoms with Crippen LogP contribution in [0.2, 0.25) is 0 Å². The van der Waals surface area contributed by atoms with Gasteiger partial charge >= 0.3 is 0 Å². The molecule has 3 heteroatoms. The molecule has 2 aromatic carbocycles. The molecule has 0 fully saturated rings. The maximum absolute atomic E-state index is 12.6. The zero-order valence-electron chi connectivity index (χ0n) is 17.0. The number of nitrogens with zero attached hydrogens (tertiary/aromatic N) is 1. The van der Waals surface area contributed by atoms with Crippen LogP contribution in [0.15, 0.2) is 48.7 Å². The van der Waals surface area contributed by atoms with Crippen LogP contribution >= 0.6 is 0 Å². The van der Waals surface area contributed by atoms with Crippen LogP contribution in [0.5, 0.6) is 0 Å². The summed E-state index contributed by atoms with van der Waals surface area (Å²) in [4.78, 5) is 17.3. The van der Waals surface area contributed by atoms with Crippen molar-refractivity contribution in [2.45, 2.75) is 53.2 Å². The zero-order valence-corrected chi connectivity index (χ0v) is 17.0. The normalized spacial score (nSPS) is 13.0. The number of aryl methyl sites for hydroxylation is 2. The maximum Gasteiger partial charge on any atom is 0.163 e. The monoisotopic (exact) mass is 361 g/mol. The van der Waals surface area contributed by atoms with Gasteiger partial charge in [0.2, 0.25) is 0 Å². The van der Waals surface area contributed by atoms with Crippen molar-refractivity contribution < 1.29 is 9.53 Å². The van der Waals surface area contributed by atoms with Crippen LogP contribution in [0.25, 0.3) is 22.0 Å². The predicted molar refractivity (Wildman–Crippen MR) is 111 cm³/mol. The molecule has 0 aliphatic rings. The molecule has 0 aliphatic carbocycles. The van der Waals surface area contributed by atoms with Gasteiger partial charge < -0.3 is 4.74 Å². The summed E-state index contributed by atoms with van der Waals surface area (Å²) in [7, 11) is 0. The summed E-state index contributed by atoms with van der Waals surface area (Å²) < 4.78 is 6.22. The number of benzene rings is 2. The van der Waals surface area contributed by atoms with Crippen LogP contribution in [0.4, 0.5) is 0 Å². The Balaban J connectivity index is 2.37. The molecule has 1 aromatic heterocycles. The number of hydrogen-bond donors (Lipinski definition) is 0. The molecule has 0 amide bonds. The first-order valence-electron chi connectivity index (χ1n) is 9.31. The van der Waals surface area contributed by atoms with Gasteiger partial charge in [0.15, 0.2) is 5.78 Å². The van der Waals surface area contributed by atoms with Crippen molar-refractivity contribution in [2.24, 2.45) is 0 Å². The lowest BCUT2D eigenvalue weighted by Gasteiger charge is -2.29. The molecule has 0 radical (unpaired) electrons. The number of aromatic nitrogens is 1. The number of Topliss-reactive ketones (excluding diaryl/α,β-unsaturated/α-hetero) is 1. The Kier molecular flexibility index (Phi) is 5.16. The molecule has 140 valence electrons. The van der Waals surface area contributed by atoms with E-state index in [0.717, 1.165) is 38.7 Å². The molecule has 0 saturated heterocycles. The SMILES string of the molecule is CC(=O)[C@@H](OC(C)(C)C)c1c(C)cc2ccccc2c1-c1ccc(C)cn1. The molecule has 3 rings (SSSR count). The van der Waals surface area contributed by atoms with E-state index in [1.165, 1.54) is 0 Å². The Morgan fingerprint density at radius 2 is 1.78 bits per heavy atom. The molecule has 0 saturated carbocycles. The Bertz CT molecular complexity index is 982. The quantitative estimate of drug-likeness (QED) is 0.575. The minimum Gasteiger partial charge on any atom is -0.360 e. The number of ketones is 1. The van der Waals surface area contributed by atoms with Crippen molar-refractivity contribution in [3.63, 3.8) is 0 Å². The minimum absolute atomic E-state index is 0.00309. The van der Waals surface area contributed by atoms with Crippen molar-refractivity contribution in [1.29, 1.82) is 0 Å². The molecule has 0 unspecified atom stereocenters. The molecule has 0 bridgehead atoms. The molecule has 0 aliphatic heterocycles. The Hall–Kier alpha value is -2.52. The van der Waals surface area contributed by atoms with Gasteiger partial charge in [-0.25, -0.2) is 0 Å². The van der Waals surface area contributed by atoms with Gasteiger partial charge in [-0.05, 0) is 69.5 Å². The lowest BCUT2D eigenvalue weighted by atomic mass is 9.88. The summed E-state index contributed by atoms with van der Waals surface area (Å²) in [5.74, 6) is -0.00309. The third-order valence-corrected chi connectivity index (χ3v) is 4.57. The number of hydrogen-bond acceptors (Lipinski definition) is 3. The third-order valence-electron chi connectivity index (χ3n) is 4.57. The van der Waals surface area contributed by atoms with Gasteiger partial charge in [0.1, 0.15) is 6.10 Å². The molecule has 3 aromatic rings. The van der Waals surface area contributed by atoms with E-state index in [0.29, 0.717) is 0 Å². The first-order chi connectivity index (χ1) is 12.7. The number of carbonyl (C=O) groups excluding carboxylic acids is 1. The van der Waals surface area contributed by atoms with Crippen LogP contribution in [0.1, 0.15) is 50.5 Å². The van der Waals surface area contributed by atoms with Crippen molar-refractivity contribution in [3.05, 3.63) is 65.4 Å². The first-order valence-corrected chi connectivity index (χ1v) is 9.31. The van der Waals surface area contributed by atoms with Crippen LogP contribution < -0.4 is 0 Å². The van der Waals surface area contributed by atoms with E-state index in [9.17, 15) is 4.79 Å². The summed E-state index contributed by atoms with van der Waals surface area (Å²) in [6.07, 6.45) is 1.23. The van der Waals surface area contributed by atoms with Crippen LogP contribution in [0, 0.1) is 13.8 Å². The van der Waals surface area contributed by atoms with Crippen molar-refractivity contribution in [1.82, 2.24) is 4.98 Å². The van der Waals surface area contributed by atoms with E-state index >= 15 is 0 Å². The minimum atomic E-state index is -0.632.